The van der Waals surface area contributed by atoms with E-state index in [4.69, 9.17) is 11.5 Å². The number of amides is 3. The highest BCUT2D eigenvalue weighted by atomic mass is 32.2. The van der Waals surface area contributed by atoms with E-state index < -0.39 is 34.4 Å². The smallest absolute Gasteiger partial charge is 0.352 e. The molecule has 2 unspecified atom stereocenters. The molecule has 7 N–H and O–H groups in total. The molecule has 3 amide bonds. The maximum atomic E-state index is 13.0. The number of aromatic amines is 1. The van der Waals surface area contributed by atoms with Crippen molar-refractivity contribution in [2.45, 2.75) is 53.9 Å². The van der Waals surface area contributed by atoms with Crippen molar-refractivity contribution in [3.63, 3.8) is 0 Å². The van der Waals surface area contributed by atoms with Crippen LogP contribution in [0.15, 0.2) is 39.8 Å². The van der Waals surface area contributed by atoms with Gasteiger partial charge in [-0.25, -0.2) is 4.79 Å². The van der Waals surface area contributed by atoms with Gasteiger partial charge in [0.1, 0.15) is 17.1 Å². The van der Waals surface area contributed by atoms with E-state index in [9.17, 15) is 24.3 Å². The van der Waals surface area contributed by atoms with E-state index in [0.717, 1.165) is 17.3 Å². The summed E-state index contributed by atoms with van der Waals surface area (Å²) in [6.45, 7) is 0. The lowest BCUT2D eigenvalue weighted by Crippen LogP contribution is -2.70. The molecule has 1 aromatic heterocycles. The first kappa shape index (κ1) is 24.8. The van der Waals surface area contributed by atoms with E-state index in [-0.39, 0.29) is 41.8 Å². The molecule has 1 saturated heterocycles. The normalized spacial score (nSPS) is 22.5. The number of aromatic nitrogens is 4. The van der Waals surface area contributed by atoms with Crippen molar-refractivity contribution in [2.75, 3.05) is 5.75 Å². The van der Waals surface area contributed by atoms with Crippen molar-refractivity contribution < 1.29 is 24.3 Å². The number of aliphatic carboxylic acids is 1. The maximum Gasteiger partial charge on any atom is 0.352 e. The summed E-state index contributed by atoms with van der Waals surface area (Å²) in [6, 6.07) is -0.835. The first-order chi connectivity index (χ1) is 16.8. The van der Waals surface area contributed by atoms with Gasteiger partial charge in [0.25, 0.3) is 5.91 Å². The number of hydrogen-bond acceptors (Lipinski definition) is 10. The Morgan fingerprint density at radius 2 is 2.11 bits per heavy atom. The molecule has 0 aromatic carbocycles. The average molecular weight is 521 g/mol. The molecule has 13 nitrogen and oxygen atoms in total. The molecular formula is C20H24N8O5S2. The number of nitrogens with zero attached hydrogens (tertiary/aromatic N) is 4. The van der Waals surface area contributed by atoms with Gasteiger partial charge < -0.3 is 21.9 Å². The van der Waals surface area contributed by atoms with Crippen molar-refractivity contribution in [3.8, 4) is 0 Å². The minimum absolute atomic E-state index is 0.0147. The van der Waals surface area contributed by atoms with Crippen molar-refractivity contribution in [2.24, 2.45) is 11.5 Å². The Balaban J connectivity index is 1.51. The van der Waals surface area contributed by atoms with E-state index in [1.807, 2.05) is 12.2 Å². The summed E-state index contributed by atoms with van der Waals surface area (Å²) in [5.74, 6) is -2.37. The standard InChI is InChI=1S/C20H24N8O5S2/c21-11-4-2-1-3-9(11)7-14(30)23-15-17(31)28-16(19(32)33)10(8-34-18(15)28)12(5-6-13(22)29)35-20-24-26-27-25-20/h1-2,12,15,18H,3-8,21H2,(H2,22,29)(H,23,30)(H,32,33)(H,24,25,26,27)/t12?,15?,18-/m0/s1. The third-order valence-corrected chi connectivity index (χ3v) is 8.32. The van der Waals surface area contributed by atoms with Gasteiger partial charge in [0.15, 0.2) is 0 Å². The van der Waals surface area contributed by atoms with Gasteiger partial charge in [0, 0.05) is 36.0 Å². The molecule has 0 saturated carbocycles. The number of fused-ring (bicyclic) bond motifs is 1. The molecule has 0 bridgehead atoms. The fourth-order valence-electron chi connectivity index (χ4n) is 4.11. The number of thioether (sulfide) groups is 2. The lowest BCUT2D eigenvalue weighted by atomic mass is 9.97. The van der Waals surface area contributed by atoms with Crippen LogP contribution in [0.1, 0.15) is 32.1 Å². The van der Waals surface area contributed by atoms with E-state index in [0.29, 0.717) is 24.1 Å². The summed E-state index contributed by atoms with van der Waals surface area (Å²) < 4.78 is 0. The molecule has 15 heteroatoms. The van der Waals surface area contributed by atoms with E-state index in [1.165, 1.54) is 16.7 Å². The fraction of sp³-hybridized carbons (Fsp3) is 0.450. The summed E-state index contributed by atoms with van der Waals surface area (Å²) >= 11 is 2.48. The third-order valence-electron chi connectivity index (χ3n) is 5.83. The first-order valence-electron chi connectivity index (χ1n) is 10.8. The summed E-state index contributed by atoms with van der Waals surface area (Å²) in [5, 5.41) is 25.5. The number of hydrogen-bond donors (Lipinski definition) is 5. The zero-order chi connectivity index (χ0) is 25.1. The zero-order valence-corrected chi connectivity index (χ0v) is 20.1. The summed E-state index contributed by atoms with van der Waals surface area (Å²) in [5.41, 5.74) is 13.1. The number of β-lactam (4-membered cyclic amide) rings is 1. The lowest BCUT2D eigenvalue weighted by molar-refractivity contribution is -0.150. The van der Waals surface area contributed by atoms with Crippen molar-refractivity contribution in [1.82, 2.24) is 30.8 Å². The summed E-state index contributed by atoms with van der Waals surface area (Å²) in [4.78, 5) is 50.4. The average Bonchev–Trinajstić information content (AvgIpc) is 3.33. The van der Waals surface area contributed by atoms with Crippen LogP contribution >= 0.6 is 23.5 Å². The number of nitrogens with two attached hydrogens (primary N) is 2. The van der Waals surface area contributed by atoms with E-state index in [1.54, 1.807) is 0 Å². The van der Waals surface area contributed by atoms with Gasteiger partial charge in [-0.15, -0.1) is 22.0 Å². The van der Waals surface area contributed by atoms with E-state index in [2.05, 4.69) is 25.9 Å². The van der Waals surface area contributed by atoms with Crippen molar-refractivity contribution in [3.05, 3.63) is 34.7 Å². The molecule has 3 atom stereocenters. The molecule has 0 radical (unpaired) electrons. The molecule has 1 aromatic rings. The number of primary amides is 1. The summed E-state index contributed by atoms with van der Waals surface area (Å²) in [7, 11) is 0. The quantitative estimate of drug-likeness (QED) is 0.152. The molecule has 186 valence electrons. The zero-order valence-electron chi connectivity index (χ0n) is 18.5. The Morgan fingerprint density at radius 3 is 2.77 bits per heavy atom. The predicted molar refractivity (Wildman–Crippen MR) is 126 cm³/mol. The topological polar surface area (TPSA) is 210 Å². The number of H-pyrrole nitrogens is 1. The molecular weight excluding hydrogens is 496 g/mol. The number of carboxylic acids is 1. The second kappa shape index (κ2) is 10.5. The predicted octanol–water partition coefficient (Wildman–Crippen LogP) is -0.383. The Kier molecular flexibility index (Phi) is 7.45. The monoisotopic (exact) mass is 520 g/mol. The van der Waals surface area contributed by atoms with E-state index >= 15 is 0 Å². The highest BCUT2D eigenvalue weighted by Crippen LogP contribution is 2.44. The van der Waals surface area contributed by atoms with Gasteiger partial charge in [-0.05, 0) is 29.2 Å². The van der Waals surface area contributed by atoms with Crippen LogP contribution in [-0.2, 0) is 19.2 Å². The number of tetrazole rings is 1. The van der Waals surface area contributed by atoms with Gasteiger partial charge in [-0.2, -0.15) is 5.21 Å². The summed E-state index contributed by atoms with van der Waals surface area (Å²) in [6.07, 6.45) is 5.39. The number of carbonyl (C=O) groups excluding carboxylic acids is 3. The number of nitrogens with one attached hydrogen (secondary N) is 2. The number of rotatable bonds is 10. The Labute approximate surface area is 208 Å². The maximum absolute atomic E-state index is 13.0. The molecule has 0 spiro atoms. The fourth-order valence-corrected chi connectivity index (χ4v) is 6.65. The SMILES string of the molecule is NC(=O)CCC(Sc1nn[nH]n1)C1=C(C(=O)O)N2C(=O)C(NC(=O)CC3=C(N)CC=CC3)[C@@H]2SC1. The van der Waals surface area contributed by atoms with Crippen LogP contribution in [0.3, 0.4) is 0 Å². The lowest BCUT2D eigenvalue weighted by Gasteiger charge is -2.50. The molecule has 4 rings (SSSR count). The highest BCUT2D eigenvalue weighted by Gasteiger charge is 2.54. The highest BCUT2D eigenvalue weighted by molar-refractivity contribution is 8.01. The van der Waals surface area contributed by atoms with Crippen LogP contribution in [0.25, 0.3) is 0 Å². The molecule has 3 aliphatic rings. The molecule has 1 fully saturated rings. The number of allylic oxidation sites excluding steroid dienone is 2. The molecule has 1 aliphatic carbocycles. The molecule has 2 aliphatic heterocycles. The van der Waals surface area contributed by atoms with Crippen LogP contribution in [0.4, 0.5) is 0 Å². The van der Waals surface area contributed by atoms with Gasteiger partial charge in [-0.3, -0.25) is 19.3 Å². The van der Waals surface area contributed by atoms with Gasteiger partial charge in [-0.1, -0.05) is 23.9 Å². The second-order valence-electron chi connectivity index (χ2n) is 8.13. The third kappa shape index (κ3) is 5.35. The first-order valence-corrected chi connectivity index (χ1v) is 12.7. The minimum atomic E-state index is -1.27. The second-order valence-corrected chi connectivity index (χ2v) is 10.4. The van der Waals surface area contributed by atoms with Crippen LogP contribution in [0.5, 0.6) is 0 Å². The Bertz CT molecular complexity index is 1130. The van der Waals surface area contributed by atoms with Crippen LogP contribution in [-0.4, -0.2) is 76.7 Å². The van der Waals surface area contributed by atoms with Crippen LogP contribution in [0.2, 0.25) is 0 Å². The minimum Gasteiger partial charge on any atom is -0.477 e. The molecule has 3 heterocycles. The van der Waals surface area contributed by atoms with Gasteiger partial charge >= 0.3 is 5.97 Å². The number of carbonyl (C=O) groups is 4. The Hall–Kier alpha value is -3.33. The van der Waals surface area contributed by atoms with Crippen molar-refractivity contribution >= 4 is 47.2 Å². The van der Waals surface area contributed by atoms with Crippen LogP contribution in [0, 0.1) is 0 Å². The largest absolute Gasteiger partial charge is 0.477 e. The Morgan fingerprint density at radius 1 is 1.34 bits per heavy atom. The van der Waals surface area contributed by atoms with Crippen molar-refractivity contribution in [1.29, 1.82) is 0 Å². The van der Waals surface area contributed by atoms with Crippen LogP contribution < -0.4 is 16.8 Å². The number of carboxylic acid groups (broad SMARTS) is 1. The molecule has 35 heavy (non-hydrogen) atoms. The van der Waals surface area contributed by atoms with Gasteiger partial charge in [0.05, 0.1) is 0 Å². The van der Waals surface area contributed by atoms with Gasteiger partial charge in [0.2, 0.25) is 17.0 Å².